The van der Waals surface area contributed by atoms with Crippen molar-refractivity contribution in [3.05, 3.63) is 69.2 Å². The third kappa shape index (κ3) is 4.50. The van der Waals surface area contributed by atoms with E-state index in [1.54, 1.807) is 37.4 Å². The molecule has 0 radical (unpaired) electrons. The fourth-order valence-corrected chi connectivity index (χ4v) is 3.60. The van der Waals surface area contributed by atoms with E-state index < -0.39 is 35.8 Å². The minimum Gasteiger partial charge on any atom is -0.366 e. The molecule has 0 bridgehead atoms. The zero-order valence-electron chi connectivity index (χ0n) is 16.8. The number of nitrogens with zero attached hydrogens (tertiary/aromatic N) is 2. The molecule has 0 aromatic heterocycles. The highest BCUT2D eigenvalue weighted by atomic mass is 35.5. The van der Waals surface area contributed by atoms with Crippen LogP contribution in [-0.2, 0) is 21.7 Å². The SMILES string of the molecule is CN(Cc1ccc(Cl)c(Cl)c1)C(=O)CN1C(=O)N[C@@](C)(c2cccc(C(N)=O)c2)C1=O. The number of likely N-dealkylation sites (N-methyl/N-ethyl adjacent to an activating group) is 1. The normalized spacial score (nSPS) is 18.1. The maximum atomic E-state index is 13.0. The van der Waals surface area contributed by atoms with Crippen LogP contribution in [-0.4, -0.2) is 47.1 Å². The summed E-state index contributed by atoms with van der Waals surface area (Å²) >= 11 is 11.9. The minimum absolute atomic E-state index is 0.205. The summed E-state index contributed by atoms with van der Waals surface area (Å²) in [5, 5.41) is 3.37. The number of rotatable bonds is 6. The molecule has 0 unspecified atom stereocenters. The van der Waals surface area contributed by atoms with Crippen molar-refractivity contribution in [1.29, 1.82) is 0 Å². The molecular weight excluding hydrogens is 443 g/mol. The van der Waals surface area contributed by atoms with Crippen LogP contribution < -0.4 is 11.1 Å². The molecule has 1 atom stereocenters. The molecule has 2 aromatic rings. The van der Waals surface area contributed by atoms with Crippen molar-refractivity contribution in [2.75, 3.05) is 13.6 Å². The van der Waals surface area contributed by atoms with Crippen LogP contribution in [0.25, 0.3) is 0 Å². The van der Waals surface area contributed by atoms with Crippen molar-refractivity contribution in [3.8, 4) is 0 Å². The number of carbonyl (C=O) groups excluding carboxylic acids is 4. The third-order valence-electron chi connectivity index (χ3n) is 5.12. The molecular formula is C21H20Cl2N4O4. The van der Waals surface area contributed by atoms with Crippen LogP contribution in [0, 0.1) is 0 Å². The molecule has 0 saturated carbocycles. The van der Waals surface area contributed by atoms with E-state index >= 15 is 0 Å². The van der Waals surface area contributed by atoms with Gasteiger partial charge in [0.25, 0.3) is 5.91 Å². The van der Waals surface area contributed by atoms with Crippen LogP contribution in [0.3, 0.4) is 0 Å². The van der Waals surface area contributed by atoms with Crippen LogP contribution in [0.4, 0.5) is 4.79 Å². The monoisotopic (exact) mass is 462 g/mol. The van der Waals surface area contributed by atoms with Gasteiger partial charge in [0.15, 0.2) is 0 Å². The molecule has 10 heteroatoms. The lowest BCUT2D eigenvalue weighted by Crippen LogP contribution is -2.43. The molecule has 5 amide bonds. The van der Waals surface area contributed by atoms with E-state index in [4.69, 9.17) is 28.9 Å². The summed E-state index contributed by atoms with van der Waals surface area (Å²) in [5.41, 5.74) is 5.22. The van der Waals surface area contributed by atoms with Crippen molar-refractivity contribution in [2.45, 2.75) is 19.0 Å². The molecule has 162 valence electrons. The highest BCUT2D eigenvalue weighted by Crippen LogP contribution is 2.29. The molecule has 0 spiro atoms. The summed E-state index contributed by atoms with van der Waals surface area (Å²) in [5.74, 6) is -1.70. The molecule has 1 aliphatic heterocycles. The van der Waals surface area contributed by atoms with Gasteiger partial charge in [0.1, 0.15) is 12.1 Å². The fraction of sp³-hybridized carbons (Fsp3) is 0.238. The second-order valence-electron chi connectivity index (χ2n) is 7.39. The van der Waals surface area contributed by atoms with Gasteiger partial charge in [-0.05, 0) is 42.3 Å². The lowest BCUT2D eigenvalue weighted by Gasteiger charge is -2.23. The average Bonchev–Trinajstić information content (AvgIpc) is 2.94. The van der Waals surface area contributed by atoms with Gasteiger partial charge in [-0.15, -0.1) is 0 Å². The van der Waals surface area contributed by atoms with Gasteiger partial charge in [-0.2, -0.15) is 0 Å². The van der Waals surface area contributed by atoms with Crippen molar-refractivity contribution in [3.63, 3.8) is 0 Å². The number of urea groups is 1. The van der Waals surface area contributed by atoms with Gasteiger partial charge < -0.3 is 16.0 Å². The summed E-state index contributed by atoms with van der Waals surface area (Å²) in [6, 6.07) is 10.4. The number of hydrogen-bond acceptors (Lipinski definition) is 4. The van der Waals surface area contributed by atoms with Crippen LogP contribution in [0.15, 0.2) is 42.5 Å². The molecule has 3 rings (SSSR count). The Labute approximate surface area is 188 Å². The fourth-order valence-electron chi connectivity index (χ4n) is 3.28. The van der Waals surface area contributed by atoms with Gasteiger partial charge in [0.05, 0.1) is 10.0 Å². The Morgan fingerprint density at radius 1 is 1.13 bits per heavy atom. The summed E-state index contributed by atoms with van der Waals surface area (Å²) in [7, 11) is 1.55. The van der Waals surface area contributed by atoms with E-state index in [0.717, 1.165) is 10.5 Å². The molecule has 3 N–H and O–H groups in total. The summed E-state index contributed by atoms with van der Waals surface area (Å²) in [4.78, 5) is 51.9. The molecule has 1 heterocycles. The van der Waals surface area contributed by atoms with Gasteiger partial charge in [-0.1, -0.05) is 41.4 Å². The number of nitrogens with one attached hydrogen (secondary N) is 1. The maximum Gasteiger partial charge on any atom is 0.325 e. The summed E-state index contributed by atoms with van der Waals surface area (Å²) in [6.45, 7) is 1.29. The Hall–Kier alpha value is -3.10. The lowest BCUT2D eigenvalue weighted by atomic mass is 9.90. The number of hydrogen-bond donors (Lipinski definition) is 2. The lowest BCUT2D eigenvalue weighted by molar-refractivity contribution is -0.138. The number of nitrogens with two attached hydrogens (primary N) is 1. The maximum absolute atomic E-state index is 13.0. The first kappa shape index (κ1) is 22.6. The van der Waals surface area contributed by atoms with Crippen LogP contribution in [0.5, 0.6) is 0 Å². The first-order chi connectivity index (χ1) is 14.5. The van der Waals surface area contributed by atoms with E-state index in [2.05, 4.69) is 5.32 Å². The van der Waals surface area contributed by atoms with Crippen LogP contribution in [0.1, 0.15) is 28.4 Å². The number of benzene rings is 2. The van der Waals surface area contributed by atoms with Gasteiger partial charge >= 0.3 is 6.03 Å². The minimum atomic E-state index is -1.43. The number of imide groups is 1. The van der Waals surface area contributed by atoms with Gasteiger partial charge in [0, 0.05) is 19.2 Å². The average molecular weight is 463 g/mol. The molecule has 31 heavy (non-hydrogen) atoms. The van der Waals surface area contributed by atoms with Crippen molar-refractivity contribution < 1.29 is 19.2 Å². The molecule has 8 nitrogen and oxygen atoms in total. The third-order valence-corrected chi connectivity index (χ3v) is 5.86. The zero-order valence-corrected chi connectivity index (χ0v) is 18.3. The Balaban J connectivity index is 1.74. The van der Waals surface area contributed by atoms with E-state index in [0.29, 0.717) is 15.6 Å². The number of primary amides is 1. The second-order valence-corrected chi connectivity index (χ2v) is 8.20. The Morgan fingerprint density at radius 3 is 2.48 bits per heavy atom. The summed E-state index contributed by atoms with van der Waals surface area (Å²) < 4.78 is 0. The predicted octanol–water partition coefficient (Wildman–Crippen LogP) is 2.52. The van der Waals surface area contributed by atoms with Crippen LogP contribution >= 0.6 is 23.2 Å². The number of amides is 5. The van der Waals surface area contributed by atoms with Crippen LogP contribution in [0.2, 0.25) is 10.0 Å². The predicted molar refractivity (Wildman–Crippen MR) is 115 cm³/mol. The van der Waals surface area contributed by atoms with Crippen molar-refractivity contribution in [2.24, 2.45) is 5.73 Å². The smallest absolute Gasteiger partial charge is 0.325 e. The van der Waals surface area contributed by atoms with E-state index in [1.807, 2.05) is 0 Å². The molecule has 0 aliphatic carbocycles. The quantitative estimate of drug-likeness (QED) is 0.641. The van der Waals surface area contributed by atoms with Gasteiger partial charge in [-0.25, -0.2) is 4.79 Å². The Morgan fingerprint density at radius 2 is 1.84 bits per heavy atom. The first-order valence-corrected chi connectivity index (χ1v) is 10.0. The Bertz CT molecular complexity index is 1090. The molecule has 2 aromatic carbocycles. The van der Waals surface area contributed by atoms with E-state index in [1.165, 1.54) is 24.0 Å². The van der Waals surface area contributed by atoms with Gasteiger partial charge in [0.2, 0.25) is 11.8 Å². The zero-order chi connectivity index (χ0) is 22.9. The first-order valence-electron chi connectivity index (χ1n) is 9.25. The van der Waals surface area contributed by atoms with E-state index in [9.17, 15) is 19.2 Å². The second kappa shape index (κ2) is 8.56. The highest BCUT2D eigenvalue weighted by Gasteiger charge is 2.49. The molecule has 1 aliphatic rings. The van der Waals surface area contributed by atoms with Crippen molar-refractivity contribution in [1.82, 2.24) is 15.1 Å². The number of halogens is 2. The summed E-state index contributed by atoms with van der Waals surface area (Å²) in [6.07, 6.45) is 0. The molecule has 1 saturated heterocycles. The highest BCUT2D eigenvalue weighted by molar-refractivity contribution is 6.42. The van der Waals surface area contributed by atoms with Crippen molar-refractivity contribution >= 4 is 47.0 Å². The topological polar surface area (TPSA) is 113 Å². The number of carbonyl (C=O) groups is 4. The standard InChI is InChI=1S/C21H20Cl2N4O4/c1-21(14-5-3-4-13(9-14)18(24)29)19(30)27(20(31)25-21)11-17(28)26(2)10-12-6-7-15(22)16(23)8-12/h3-9H,10-11H2,1-2H3,(H2,24,29)(H,25,31)/t21-/m0/s1. The molecule has 1 fully saturated rings. The Kier molecular flexibility index (Phi) is 6.24. The van der Waals surface area contributed by atoms with Gasteiger partial charge in [-0.3, -0.25) is 19.3 Å². The van der Waals surface area contributed by atoms with E-state index in [-0.39, 0.29) is 12.1 Å². The largest absolute Gasteiger partial charge is 0.366 e.